The molecule has 0 atom stereocenters. The number of aryl methyl sites for hydroxylation is 4. The Balaban J connectivity index is 0.000000830. The Morgan fingerprint density at radius 2 is 0.511 bits per heavy atom. The fraction of sp³-hybridized carbons (Fsp3) is 0.487. The fourth-order valence-corrected chi connectivity index (χ4v) is 11.3. The molecular weight excluding hydrogens is 1210 g/mol. The van der Waals surface area contributed by atoms with Crippen LogP contribution in [0.5, 0.6) is 0 Å². The summed E-state index contributed by atoms with van der Waals surface area (Å²) in [6, 6.07) is 17.0. The van der Waals surface area contributed by atoms with E-state index in [2.05, 4.69) is 242 Å². The smallest absolute Gasteiger partial charge is 0.668 e. The van der Waals surface area contributed by atoms with Gasteiger partial charge in [-0.1, -0.05) is 194 Å². The van der Waals surface area contributed by atoms with Crippen molar-refractivity contribution in [2.75, 3.05) is 28.2 Å². The third kappa shape index (κ3) is 23.3. The van der Waals surface area contributed by atoms with Crippen molar-refractivity contribution in [3.8, 4) is 0 Å². The van der Waals surface area contributed by atoms with Gasteiger partial charge in [-0.3, -0.25) is 19.2 Å². The number of benzene rings is 4. The summed E-state index contributed by atoms with van der Waals surface area (Å²) in [5.74, 6) is 1.48. The third-order valence-electron chi connectivity index (χ3n) is 16.0. The number of carbonyl (C=O) groups is 4. The molecule has 6 N–H and O–H groups in total. The summed E-state index contributed by atoms with van der Waals surface area (Å²) in [6.45, 7) is 50.1. The minimum absolute atomic E-state index is 0. The standard InChI is InChI=1S/2C37H51N3O2.2C2H6N.2Ti/c2*1-20(2)28-16-24(9)17-29(21(3)4)34(28)36(41)38-26(11)32-14-13-15-33(40-32)27(12)39-37(42)35-30(22(5)6)18-25(10)19-31(35)23(7)8;2*1-3-2;;/h2*13-14,16-23,40H,15H2,1-12H3,(H,38,41)(H,39,42);2*1-2H3;;/q;;2*-1;+2;+4. The number of hydrogen-bond acceptors (Lipinski definition) is 6. The minimum Gasteiger partial charge on any atom is -0.668 e. The van der Waals surface area contributed by atoms with Crippen LogP contribution in [0.3, 0.4) is 0 Å². The van der Waals surface area contributed by atoms with E-state index in [0.717, 1.165) is 112 Å². The number of rotatable bonds is 16. The molecule has 0 bridgehead atoms. The molecule has 12 nitrogen and oxygen atoms in total. The maximum Gasteiger partial charge on any atom is 4.00 e. The topological polar surface area (TPSA) is 169 Å². The van der Waals surface area contributed by atoms with Crippen LogP contribution in [0.25, 0.3) is 10.6 Å². The van der Waals surface area contributed by atoms with Gasteiger partial charge in [-0.25, -0.2) is 0 Å². The fourth-order valence-electron chi connectivity index (χ4n) is 11.3. The number of allylic oxidation sites excluding steroid dienone is 8. The van der Waals surface area contributed by atoms with Crippen molar-refractivity contribution in [3.63, 3.8) is 0 Å². The number of carbonyl (C=O) groups excluding carboxylic acids is 4. The van der Waals surface area contributed by atoms with Gasteiger partial charge in [0, 0.05) is 69.3 Å². The van der Waals surface area contributed by atoms with Crippen LogP contribution in [0.2, 0.25) is 0 Å². The van der Waals surface area contributed by atoms with E-state index >= 15 is 0 Å². The van der Waals surface area contributed by atoms with Gasteiger partial charge in [0.15, 0.2) is 0 Å². The van der Waals surface area contributed by atoms with E-state index in [-0.39, 0.29) is 114 Å². The average molecular weight is 1320 g/mol. The van der Waals surface area contributed by atoms with Crippen LogP contribution in [0.4, 0.5) is 0 Å². The van der Waals surface area contributed by atoms with E-state index in [1.54, 1.807) is 28.2 Å². The Morgan fingerprint density at radius 3 is 0.674 bits per heavy atom. The molecule has 0 saturated carbocycles. The molecule has 14 heteroatoms. The molecule has 0 saturated heterocycles. The van der Waals surface area contributed by atoms with Crippen molar-refractivity contribution in [1.82, 2.24) is 31.9 Å². The normalized spacial score (nSPS) is 14.8. The predicted octanol–water partition coefficient (Wildman–Crippen LogP) is 19.2. The first-order valence-electron chi connectivity index (χ1n) is 32.5. The molecule has 0 aromatic heterocycles. The zero-order valence-corrected chi connectivity index (χ0v) is 64.6. The Hall–Kier alpha value is -5.85. The van der Waals surface area contributed by atoms with Crippen molar-refractivity contribution >= 4 is 23.6 Å². The molecule has 0 aliphatic carbocycles. The quantitative estimate of drug-likeness (QED) is 0.0611. The number of nitrogens with one attached hydrogen (secondary N) is 6. The minimum atomic E-state index is -0.0921. The molecule has 0 radical (unpaired) electrons. The zero-order valence-electron chi connectivity index (χ0n) is 61.5. The van der Waals surface area contributed by atoms with Crippen molar-refractivity contribution in [2.45, 2.75) is 226 Å². The molecule has 2 aliphatic rings. The van der Waals surface area contributed by atoms with Gasteiger partial charge in [0.2, 0.25) is 0 Å². The van der Waals surface area contributed by atoms with Gasteiger partial charge in [-0.2, -0.15) is 28.2 Å². The van der Waals surface area contributed by atoms with Crippen LogP contribution in [-0.2, 0) is 43.4 Å². The van der Waals surface area contributed by atoms with E-state index in [9.17, 15) is 19.2 Å². The third-order valence-corrected chi connectivity index (χ3v) is 16.0. The first kappa shape index (κ1) is 84.2. The molecule has 0 fully saturated rings. The molecule has 2 heterocycles. The molecule has 4 aromatic carbocycles. The first-order chi connectivity index (χ1) is 42.1. The van der Waals surface area contributed by atoms with Gasteiger partial charge in [0.25, 0.3) is 23.6 Å². The summed E-state index contributed by atoms with van der Waals surface area (Å²) in [6.07, 6.45) is 9.41. The second-order valence-corrected chi connectivity index (χ2v) is 27.0. The summed E-state index contributed by atoms with van der Waals surface area (Å²) in [7, 11) is 7.00. The van der Waals surface area contributed by atoms with E-state index in [0.29, 0.717) is 12.8 Å². The molecule has 4 aromatic rings. The van der Waals surface area contributed by atoms with Crippen LogP contribution in [-0.4, -0.2) is 51.8 Å². The molecule has 2 aliphatic heterocycles. The summed E-state index contributed by atoms with van der Waals surface area (Å²) < 4.78 is 0. The molecule has 4 amide bonds. The second-order valence-electron chi connectivity index (χ2n) is 27.0. The Morgan fingerprint density at radius 1 is 0.348 bits per heavy atom. The van der Waals surface area contributed by atoms with E-state index < -0.39 is 0 Å². The van der Waals surface area contributed by atoms with Gasteiger partial charge >= 0.3 is 43.4 Å². The van der Waals surface area contributed by atoms with Gasteiger partial charge in [-0.15, -0.1) is 0 Å². The van der Waals surface area contributed by atoms with Crippen LogP contribution < -0.4 is 31.9 Å². The van der Waals surface area contributed by atoms with Crippen molar-refractivity contribution in [2.24, 2.45) is 0 Å². The number of amides is 4. The van der Waals surface area contributed by atoms with E-state index in [1.165, 1.54) is 22.3 Å². The molecule has 6 rings (SSSR count). The first-order valence-corrected chi connectivity index (χ1v) is 32.5. The van der Waals surface area contributed by atoms with Gasteiger partial charge in [0.1, 0.15) is 0 Å². The van der Waals surface area contributed by atoms with Crippen molar-refractivity contribution in [1.29, 1.82) is 0 Å². The molecule has 0 spiro atoms. The van der Waals surface area contributed by atoms with Crippen LogP contribution >= 0.6 is 0 Å². The monoisotopic (exact) mass is 1320 g/mol. The zero-order chi connectivity index (χ0) is 68.3. The summed E-state index contributed by atoms with van der Waals surface area (Å²) in [5.41, 5.74) is 22.8. The van der Waals surface area contributed by atoms with Gasteiger partial charge in [-0.05, 0) is 159 Å². The van der Waals surface area contributed by atoms with Gasteiger partial charge in [0.05, 0.1) is 11.4 Å². The molecular formula is C78H114N8O4Ti2+4. The Kier molecular flexibility index (Phi) is 35.8. The van der Waals surface area contributed by atoms with Crippen LogP contribution in [0.1, 0.15) is 307 Å². The maximum atomic E-state index is 13.7. The van der Waals surface area contributed by atoms with Crippen LogP contribution in [0, 0.1) is 27.7 Å². The molecule has 0 unspecified atom stereocenters. The Labute approximate surface area is 586 Å². The SMILES string of the molecule is CC(NC(=O)c1c(C(C)C)cc(C)cc1C(C)C)=C1C=CCC(=C(C)NC(=O)c2c(C(C)C)cc(C)cc2C(C)C)N1.CC(NC(=O)c1c(C(C)C)cc(C)cc1C(C)C)=C1C=CCC(=C(C)NC(=O)c2c(C(C)C)cc(C)cc2C(C)C)N1.C[N-]C.C[N-]C.[Ti+2].[Ti+4]. The van der Waals surface area contributed by atoms with E-state index in [4.69, 9.17) is 0 Å². The number of hydrogen-bond donors (Lipinski definition) is 6. The number of nitrogens with zero attached hydrogens (tertiary/aromatic N) is 2. The maximum absolute atomic E-state index is 13.7. The van der Waals surface area contributed by atoms with Crippen molar-refractivity contribution in [3.05, 3.63) is 218 Å². The van der Waals surface area contributed by atoms with E-state index in [1.807, 2.05) is 39.8 Å². The summed E-state index contributed by atoms with van der Waals surface area (Å²) >= 11 is 0. The molecule has 92 heavy (non-hydrogen) atoms. The van der Waals surface area contributed by atoms with Crippen LogP contribution in [0.15, 0.2) is 118 Å². The predicted molar refractivity (Wildman–Crippen MR) is 382 cm³/mol. The van der Waals surface area contributed by atoms with Crippen molar-refractivity contribution < 1.29 is 62.6 Å². The molecule has 494 valence electrons. The second kappa shape index (κ2) is 39.1. The summed E-state index contributed by atoms with van der Waals surface area (Å²) in [4.78, 5) is 54.8. The van der Waals surface area contributed by atoms with Gasteiger partial charge < -0.3 is 42.5 Å². The largest absolute Gasteiger partial charge is 4.00 e. The Bertz CT molecular complexity index is 3060. The average Bonchev–Trinajstić information content (AvgIpc) is 0.861. The summed E-state index contributed by atoms with van der Waals surface area (Å²) in [5, 5.41) is 26.6.